The predicted molar refractivity (Wildman–Crippen MR) is 76.3 cm³/mol. The average molecular weight is 255 g/mol. The number of hydrogen-bond donors (Lipinski definition) is 1. The number of hydrogen-bond acceptors (Lipinski definition) is 3. The number of aryl methyl sites for hydroxylation is 1. The van der Waals surface area contributed by atoms with Crippen molar-refractivity contribution in [1.82, 2.24) is 0 Å². The van der Waals surface area contributed by atoms with Gasteiger partial charge in [0.1, 0.15) is 0 Å². The second-order valence-corrected chi connectivity index (χ2v) is 4.35. The second kappa shape index (κ2) is 6.05. The van der Waals surface area contributed by atoms with Crippen molar-refractivity contribution in [2.24, 2.45) is 0 Å². The van der Waals surface area contributed by atoms with E-state index in [2.05, 4.69) is 24.4 Å². The average Bonchev–Trinajstić information content (AvgIpc) is 2.46. The summed E-state index contributed by atoms with van der Waals surface area (Å²) in [6.45, 7) is 2.82. The number of carbonyl (C=O) groups excluding carboxylic acids is 1. The van der Waals surface area contributed by atoms with Crippen LogP contribution in [0.15, 0.2) is 48.5 Å². The van der Waals surface area contributed by atoms with E-state index in [1.807, 2.05) is 24.3 Å². The molecule has 0 amide bonds. The van der Waals surface area contributed by atoms with Gasteiger partial charge in [-0.2, -0.15) is 0 Å². The minimum absolute atomic E-state index is 0.320. The fourth-order valence-corrected chi connectivity index (χ4v) is 1.88. The molecule has 2 aromatic rings. The van der Waals surface area contributed by atoms with Crippen LogP contribution in [0.25, 0.3) is 0 Å². The molecule has 2 rings (SSSR count). The Balaban J connectivity index is 2.08. The number of anilines is 1. The van der Waals surface area contributed by atoms with Crippen LogP contribution in [0.4, 0.5) is 5.69 Å². The first kappa shape index (κ1) is 13.1. The molecule has 0 saturated heterocycles. The molecule has 0 aliphatic carbocycles. The summed E-state index contributed by atoms with van der Waals surface area (Å²) in [5.74, 6) is -0.320. The van der Waals surface area contributed by atoms with Crippen molar-refractivity contribution in [3.8, 4) is 0 Å². The summed E-state index contributed by atoms with van der Waals surface area (Å²) in [4.78, 5) is 11.4. The van der Waals surface area contributed by atoms with Crippen molar-refractivity contribution in [3.63, 3.8) is 0 Å². The van der Waals surface area contributed by atoms with Crippen LogP contribution in [0.3, 0.4) is 0 Å². The Bertz CT molecular complexity index is 578. The first-order valence-electron chi connectivity index (χ1n) is 6.17. The van der Waals surface area contributed by atoms with Crippen LogP contribution < -0.4 is 5.32 Å². The van der Waals surface area contributed by atoms with Gasteiger partial charge >= 0.3 is 5.97 Å². The van der Waals surface area contributed by atoms with Crippen LogP contribution in [0.2, 0.25) is 0 Å². The smallest absolute Gasteiger partial charge is 0.337 e. The van der Waals surface area contributed by atoms with E-state index < -0.39 is 0 Å². The Hall–Kier alpha value is -2.29. The van der Waals surface area contributed by atoms with E-state index in [9.17, 15) is 4.79 Å². The van der Waals surface area contributed by atoms with Gasteiger partial charge in [-0.15, -0.1) is 0 Å². The lowest BCUT2D eigenvalue weighted by Gasteiger charge is -2.09. The molecule has 0 radical (unpaired) electrons. The monoisotopic (exact) mass is 255 g/mol. The normalized spacial score (nSPS) is 10.0. The van der Waals surface area contributed by atoms with Crippen LogP contribution in [0.1, 0.15) is 21.5 Å². The van der Waals surface area contributed by atoms with Gasteiger partial charge in [-0.3, -0.25) is 0 Å². The van der Waals surface area contributed by atoms with Crippen LogP contribution in [0, 0.1) is 6.92 Å². The molecular weight excluding hydrogens is 238 g/mol. The summed E-state index contributed by atoms with van der Waals surface area (Å²) in [7, 11) is 1.38. The molecule has 0 saturated carbocycles. The highest BCUT2D eigenvalue weighted by Crippen LogP contribution is 2.14. The highest BCUT2D eigenvalue weighted by molar-refractivity contribution is 5.90. The van der Waals surface area contributed by atoms with Gasteiger partial charge in [0.25, 0.3) is 0 Å². The number of carbonyl (C=O) groups is 1. The Labute approximate surface area is 113 Å². The third-order valence-electron chi connectivity index (χ3n) is 3.03. The molecule has 1 N–H and O–H groups in total. The predicted octanol–water partition coefficient (Wildman–Crippen LogP) is 3.39. The highest BCUT2D eigenvalue weighted by atomic mass is 16.5. The third kappa shape index (κ3) is 3.35. The summed E-state index contributed by atoms with van der Waals surface area (Å²) < 4.78 is 4.71. The lowest BCUT2D eigenvalue weighted by molar-refractivity contribution is 0.0601. The van der Waals surface area contributed by atoms with Crippen molar-refractivity contribution in [1.29, 1.82) is 0 Å². The molecule has 3 heteroatoms. The van der Waals surface area contributed by atoms with Gasteiger partial charge in [-0.25, -0.2) is 4.79 Å². The van der Waals surface area contributed by atoms with Crippen molar-refractivity contribution >= 4 is 11.7 Å². The Morgan fingerprint density at radius 1 is 1.16 bits per heavy atom. The van der Waals surface area contributed by atoms with E-state index in [1.54, 1.807) is 12.1 Å². The van der Waals surface area contributed by atoms with Crippen LogP contribution >= 0.6 is 0 Å². The number of methoxy groups -OCH3 is 1. The van der Waals surface area contributed by atoms with Gasteiger partial charge < -0.3 is 10.1 Å². The van der Waals surface area contributed by atoms with E-state index in [0.29, 0.717) is 5.56 Å². The molecule has 0 aliphatic rings. The standard InChI is InChI=1S/C16H17NO2/c1-12-6-3-4-7-14(12)11-17-15-9-5-8-13(10-15)16(18)19-2/h3-10,17H,11H2,1-2H3. The van der Waals surface area contributed by atoms with Crippen LogP contribution in [0.5, 0.6) is 0 Å². The lowest BCUT2D eigenvalue weighted by atomic mass is 10.1. The molecule has 0 fully saturated rings. The maximum Gasteiger partial charge on any atom is 0.337 e. The van der Waals surface area contributed by atoms with Gasteiger partial charge in [0.15, 0.2) is 0 Å². The number of esters is 1. The van der Waals surface area contributed by atoms with E-state index in [-0.39, 0.29) is 5.97 Å². The molecule has 19 heavy (non-hydrogen) atoms. The zero-order valence-corrected chi connectivity index (χ0v) is 11.1. The number of nitrogens with one attached hydrogen (secondary N) is 1. The quantitative estimate of drug-likeness (QED) is 0.851. The molecule has 0 unspecified atom stereocenters. The Kier molecular flexibility index (Phi) is 4.18. The summed E-state index contributed by atoms with van der Waals surface area (Å²) in [6.07, 6.45) is 0. The van der Waals surface area contributed by atoms with Crippen LogP contribution in [-0.4, -0.2) is 13.1 Å². The zero-order chi connectivity index (χ0) is 13.7. The van der Waals surface area contributed by atoms with E-state index in [1.165, 1.54) is 18.2 Å². The fraction of sp³-hybridized carbons (Fsp3) is 0.188. The van der Waals surface area contributed by atoms with Gasteiger partial charge in [-0.1, -0.05) is 30.3 Å². The molecule has 0 aliphatic heterocycles. The molecule has 0 aromatic heterocycles. The van der Waals surface area contributed by atoms with Gasteiger partial charge in [0.2, 0.25) is 0 Å². The highest BCUT2D eigenvalue weighted by Gasteiger charge is 2.05. The van der Waals surface area contributed by atoms with Gasteiger partial charge in [-0.05, 0) is 36.2 Å². The van der Waals surface area contributed by atoms with Crippen molar-refractivity contribution in [2.75, 3.05) is 12.4 Å². The fourth-order valence-electron chi connectivity index (χ4n) is 1.88. The zero-order valence-electron chi connectivity index (χ0n) is 11.1. The van der Waals surface area contributed by atoms with Gasteiger partial charge in [0, 0.05) is 12.2 Å². The third-order valence-corrected chi connectivity index (χ3v) is 3.03. The summed E-state index contributed by atoms with van der Waals surface area (Å²) >= 11 is 0. The van der Waals surface area contributed by atoms with Crippen molar-refractivity contribution in [2.45, 2.75) is 13.5 Å². The number of ether oxygens (including phenoxy) is 1. The van der Waals surface area contributed by atoms with Crippen molar-refractivity contribution in [3.05, 3.63) is 65.2 Å². The summed E-state index contributed by atoms with van der Waals surface area (Å²) in [5, 5.41) is 3.31. The first-order chi connectivity index (χ1) is 9.20. The maximum atomic E-state index is 11.4. The van der Waals surface area contributed by atoms with E-state index >= 15 is 0 Å². The second-order valence-electron chi connectivity index (χ2n) is 4.35. The molecule has 0 atom stereocenters. The first-order valence-corrected chi connectivity index (χ1v) is 6.17. The Morgan fingerprint density at radius 2 is 1.95 bits per heavy atom. The number of rotatable bonds is 4. The van der Waals surface area contributed by atoms with Gasteiger partial charge in [0.05, 0.1) is 12.7 Å². The topological polar surface area (TPSA) is 38.3 Å². The SMILES string of the molecule is COC(=O)c1cccc(NCc2ccccc2C)c1. The molecule has 0 heterocycles. The minimum atomic E-state index is -0.320. The van der Waals surface area contributed by atoms with E-state index in [0.717, 1.165) is 12.2 Å². The Morgan fingerprint density at radius 3 is 2.68 bits per heavy atom. The summed E-state index contributed by atoms with van der Waals surface area (Å²) in [5.41, 5.74) is 3.95. The molecule has 3 nitrogen and oxygen atoms in total. The molecule has 0 spiro atoms. The summed E-state index contributed by atoms with van der Waals surface area (Å²) in [6, 6.07) is 15.5. The molecule has 0 bridgehead atoms. The maximum absolute atomic E-state index is 11.4. The molecule has 98 valence electrons. The van der Waals surface area contributed by atoms with Crippen molar-refractivity contribution < 1.29 is 9.53 Å². The van der Waals surface area contributed by atoms with Crippen LogP contribution in [-0.2, 0) is 11.3 Å². The number of benzene rings is 2. The largest absolute Gasteiger partial charge is 0.465 e. The molecule has 2 aromatic carbocycles. The van der Waals surface area contributed by atoms with E-state index in [4.69, 9.17) is 4.74 Å². The lowest BCUT2D eigenvalue weighted by Crippen LogP contribution is -2.04. The minimum Gasteiger partial charge on any atom is -0.465 e. The molecular formula is C16H17NO2.